The van der Waals surface area contributed by atoms with E-state index < -0.39 is 0 Å². The highest BCUT2D eigenvalue weighted by molar-refractivity contribution is 5.69. The highest BCUT2D eigenvalue weighted by atomic mass is 16.5. The Kier molecular flexibility index (Phi) is 31.5. The molecule has 2 unspecified atom stereocenters. The first-order valence-corrected chi connectivity index (χ1v) is 18.3. The Morgan fingerprint density at radius 3 is 1.36 bits per heavy atom. The molecular formula is C39H73NO2. The third-order valence-electron chi connectivity index (χ3n) is 8.22. The van der Waals surface area contributed by atoms with Gasteiger partial charge in [0, 0.05) is 6.42 Å². The van der Waals surface area contributed by atoms with E-state index in [2.05, 4.69) is 76.2 Å². The van der Waals surface area contributed by atoms with E-state index in [1.165, 1.54) is 89.9 Å². The summed E-state index contributed by atoms with van der Waals surface area (Å²) < 4.78 is 6.31. The van der Waals surface area contributed by atoms with Crippen LogP contribution in [0.1, 0.15) is 175 Å². The number of esters is 1. The SMILES string of the molecule is CCCCCC=CCCCC(CCC/C=C\CCCCC)C(CCCC=CCCCCC)OC(=O)CCCCN(C)C. The number of carbonyl (C=O) groups is 1. The molecule has 3 heteroatoms. The molecule has 2 atom stereocenters. The second-order valence-corrected chi connectivity index (χ2v) is 12.7. The summed E-state index contributed by atoms with van der Waals surface area (Å²) >= 11 is 0. The standard InChI is InChI=1S/C39H73NO2/c1-6-9-12-15-18-21-24-27-32-37(33-28-25-22-19-16-13-10-7-2)38(34-29-26-23-20-17-14-11-8-3)42-39(41)35-30-31-36-40(4)5/h18-23,37-38H,6-17,24-36H2,1-5H3/b21-18-,22-19?,23-20?. The van der Waals surface area contributed by atoms with Gasteiger partial charge in [-0.3, -0.25) is 4.79 Å². The van der Waals surface area contributed by atoms with Crippen molar-refractivity contribution in [2.45, 2.75) is 181 Å². The maximum Gasteiger partial charge on any atom is 0.306 e. The Bertz CT molecular complexity index is 625. The summed E-state index contributed by atoms with van der Waals surface area (Å²) in [5.41, 5.74) is 0. The third kappa shape index (κ3) is 28.8. The minimum atomic E-state index is 0.0190. The lowest BCUT2D eigenvalue weighted by molar-refractivity contribution is -0.153. The first-order chi connectivity index (χ1) is 20.5. The fourth-order valence-corrected chi connectivity index (χ4v) is 5.51. The quantitative estimate of drug-likeness (QED) is 0.0459. The summed E-state index contributed by atoms with van der Waals surface area (Å²) in [4.78, 5) is 15.2. The van der Waals surface area contributed by atoms with Crippen molar-refractivity contribution >= 4 is 5.97 Å². The van der Waals surface area contributed by atoms with Crippen molar-refractivity contribution in [3.05, 3.63) is 36.5 Å². The van der Waals surface area contributed by atoms with Crippen LogP contribution >= 0.6 is 0 Å². The maximum atomic E-state index is 13.0. The van der Waals surface area contributed by atoms with E-state index in [1.54, 1.807) is 0 Å². The van der Waals surface area contributed by atoms with Crippen LogP contribution in [0.2, 0.25) is 0 Å². The maximum absolute atomic E-state index is 13.0. The van der Waals surface area contributed by atoms with Crippen molar-refractivity contribution in [3.63, 3.8) is 0 Å². The van der Waals surface area contributed by atoms with Crippen LogP contribution in [0, 0.1) is 5.92 Å². The molecule has 0 aliphatic rings. The van der Waals surface area contributed by atoms with Crippen LogP contribution in [0.3, 0.4) is 0 Å². The molecule has 0 aromatic rings. The average Bonchev–Trinajstić information content (AvgIpc) is 2.97. The van der Waals surface area contributed by atoms with Crippen molar-refractivity contribution in [3.8, 4) is 0 Å². The summed E-state index contributed by atoms with van der Waals surface area (Å²) in [7, 11) is 4.19. The number of ether oxygens (including phenoxy) is 1. The predicted molar refractivity (Wildman–Crippen MR) is 187 cm³/mol. The van der Waals surface area contributed by atoms with Crippen molar-refractivity contribution in [2.24, 2.45) is 5.92 Å². The summed E-state index contributed by atoms with van der Waals surface area (Å²) in [6.07, 6.45) is 42.4. The zero-order valence-corrected chi connectivity index (χ0v) is 29.1. The number of hydrogen-bond donors (Lipinski definition) is 0. The number of hydrogen-bond acceptors (Lipinski definition) is 3. The van der Waals surface area contributed by atoms with E-state index in [0.717, 1.165) is 64.3 Å². The van der Waals surface area contributed by atoms with Gasteiger partial charge >= 0.3 is 5.97 Å². The Morgan fingerprint density at radius 2 is 0.952 bits per heavy atom. The minimum absolute atomic E-state index is 0.0190. The molecule has 3 nitrogen and oxygen atoms in total. The van der Waals surface area contributed by atoms with Crippen molar-refractivity contribution in [1.82, 2.24) is 4.90 Å². The molecule has 0 bridgehead atoms. The highest BCUT2D eigenvalue weighted by Crippen LogP contribution is 2.27. The van der Waals surface area contributed by atoms with Gasteiger partial charge in [0.15, 0.2) is 0 Å². The van der Waals surface area contributed by atoms with Crippen molar-refractivity contribution < 1.29 is 9.53 Å². The molecule has 0 radical (unpaired) electrons. The number of nitrogens with zero attached hydrogens (tertiary/aromatic N) is 1. The number of carbonyl (C=O) groups excluding carboxylic acids is 1. The van der Waals surface area contributed by atoms with E-state index >= 15 is 0 Å². The molecule has 0 spiro atoms. The highest BCUT2D eigenvalue weighted by Gasteiger charge is 2.24. The first kappa shape index (κ1) is 40.6. The topological polar surface area (TPSA) is 29.5 Å². The van der Waals surface area contributed by atoms with Gasteiger partial charge < -0.3 is 9.64 Å². The van der Waals surface area contributed by atoms with Crippen LogP contribution in [0.15, 0.2) is 36.5 Å². The van der Waals surface area contributed by atoms with Crippen LogP contribution in [-0.2, 0) is 9.53 Å². The van der Waals surface area contributed by atoms with Crippen molar-refractivity contribution in [1.29, 1.82) is 0 Å². The molecule has 0 N–H and O–H groups in total. The van der Waals surface area contributed by atoms with Crippen LogP contribution in [0.4, 0.5) is 0 Å². The van der Waals surface area contributed by atoms with E-state index in [9.17, 15) is 4.79 Å². The molecule has 0 aliphatic heterocycles. The van der Waals surface area contributed by atoms with Crippen LogP contribution in [0.25, 0.3) is 0 Å². The van der Waals surface area contributed by atoms with Gasteiger partial charge in [-0.05, 0) is 136 Å². The second kappa shape index (κ2) is 32.6. The Labute approximate surface area is 264 Å². The molecule has 42 heavy (non-hydrogen) atoms. The number of allylic oxidation sites excluding steroid dienone is 6. The molecular weight excluding hydrogens is 514 g/mol. The van der Waals surface area contributed by atoms with Gasteiger partial charge in [0.05, 0.1) is 0 Å². The van der Waals surface area contributed by atoms with Gasteiger partial charge in [0.2, 0.25) is 0 Å². The number of rotatable bonds is 31. The van der Waals surface area contributed by atoms with E-state index in [1.807, 2.05) is 0 Å². The molecule has 0 aromatic heterocycles. The van der Waals surface area contributed by atoms with Gasteiger partial charge in [0.25, 0.3) is 0 Å². The van der Waals surface area contributed by atoms with Gasteiger partial charge in [0.1, 0.15) is 6.10 Å². The zero-order chi connectivity index (χ0) is 30.9. The van der Waals surface area contributed by atoms with Crippen LogP contribution in [0.5, 0.6) is 0 Å². The van der Waals surface area contributed by atoms with Gasteiger partial charge in [-0.1, -0.05) is 95.8 Å². The smallest absolute Gasteiger partial charge is 0.306 e. The Hall–Kier alpha value is -1.35. The monoisotopic (exact) mass is 588 g/mol. The molecule has 246 valence electrons. The fourth-order valence-electron chi connectivity index (χ4n) is 5.51. The Morgan fingerprint density at radius 1 is 0.548 bits per heavy atom. The lowest BCUT2D eigenvalue weighted by atomic mass is 9.87. The molecule has 0 saturated carbocycles. The average molecular weight is 588 g/mol. The van der Waals surface area contributed by atoms with Crippen molar-refractivity contribution in [2.75, 3.05) is 20.6 Å². The second-order valence-electron chi connectivity index (χ2n) is 12.7. The van der Waals surface area contributed by atoms with E-state index in [4.69, 9.17) is 4.74 Å². The largest absolute Gasteiger partial charge is 0.462 e. The van der Waals surface area contributed by atoms with E-state index in [-0.39, 0.29) is 12.1 Å². The lowest BCUT2D eigenvalue weighted by Crippen LogP contribution is -2.27. The van der Waals surface area contributed by atoms with Crippen LogP contribution in [-0.4, -0.2) is 37.6 Å². The fraction of sp³-hybridized carbons (Fsp3) is 0.821. The predicted octanol–water partition coefficient (Wildman–Crippen LogP) is 12.2. The number of unbranched alkanes of at least 4 members (excludes halogenated alkanes) is 13. The minimum Gasteiger partial charge on any atom is -0.462 e. The van der Waals surface area contributed by atoms with Gasteiger partial charge in [-0.2, -0.15) is 0 Å². The summed E-state index contributed by atoms with van der Waals surface area (Å²) in [5, 5.41) is 0. The van der Waals surface area contributed by atoms with Crippen LogP contribution < -0.4 is 0 Å². The molecule has 0 rings (SSSR count). The summed E-state index contributed by atoms with van der Waals surface area (Å²) in [5.74, 6) is 0.483. The molecule has 0 heterocycles. The third-order valence-corrected chi connectivity index (χ3v) is 8.22. The summed E-state index contributed by atoms with van der Waals surface area (Å²) in [6, 6.07) is 0. The molecule has 0 fully saturated rings. The molecule has 0 amide bonds. The molecule has 0 aromatic carbocycles. The van der Waals surface area contributed by atoms with E-state index in [0.29, 0.717) is 12.3 Å². The zero-order valence-electron chi connectivity index (χ0n) is 29.1. The molecule has 0 saturated heterocycles. The Balaban J connectivity index is 5.13. The van der Waals surface area contributed by atoms with Gasteiger partial charge in [-0.25, -0.2) is 0 Å². The van der Waals surface area contributed by atoms with Gasteiger partial charge in [-0.15, -0.1) is 0 Å². The summed E-state index contributed by atoms with van der Waals surface area (Å²) in [6.45, 7) is 7.82. The molecule has 0 aliphatic carbocycles. The lowest BCUT2D eigenvalue weighted by Gasteiger charge is -2.27. The normalized spacial score (nSPS) is 13.7. The first-order valence-electron chi connectivity index (χ1n) is 18.3.